The van der Waals surface area contributed by atoms with Crippen molar-refractivity contribution in [3.8, 4) is 0 Å². The number of aromatic nitrogens is 1. The van der Waals surface area contributed by atoms with Gasteiger partial charge in [0.2, 0.25) is 5.91 Å². The molecule has 4 rings (SSSR count). The summed E-state index contributed by atoms with van der Waals surface area (Å²) >= 11 is 4.80. The van der Waals surface area contributed by atoms with Crippen molar-refractivity contribution in [3.05, 3.63) is 75.2 Å². The Morgan fingerprint density at radius 3 is 2.65 bits per heavy atom. The van der Waals surface area contributed by atoms with E-state index in [1.807, 2.05) is 42.5 Å². The number of anilines is 2. The van der Waals surface area contributed by atoms with Crippen LogP contribution in [0.5, 0.6) is 0 Å². The molecular weight excluding hydrogens is 520 g/mol. The SMILES string of the molecule is Nc1nc(CC(=O)Nc2ccc(C[C@H]3CC[C@H]([C@H](O)c4ccccc4)N3C(=O)O)cc2Br)cs1. The Morgan fingerprint density at radius 2 is 2.00 bits per heavy atom. The van der Waals surface area contributed by atoms with Gasteiger partial charge in [-0.3, -0.25) is 9.69 Å². The molecule has 8 nitrogen and oxygen atoms in total. The number of nitrogens with zero attached hydrogens (tertiary/aromatic N) is 2. The van der Waals surface area contributed by atoms with E-state index in [2.05, 4.69) is 26.2 Å². The lowest BCUT2D eigenvalue weighted by Gasteiger charge is -2.31. The van der Waals surface area contributed by atoms with E-state index < -0.39 is 18.2 Å². The fourth-order valence-corrected chi connectivity index (χ4v) is 5.50. The summed E-state index contributed by atoms with van der Waals surface area (Å²) < 4.78 is 0.705. The second-order valence-corrected chi connectivity index (χ2v) is 10.0. The van der Waals surface area contributed by atoms with Crippen LogP contribution in [0.25, 0.3) is 0 Å². The van der Waals surface area contributed by atoms with Gasteiger partial charge in [0.15, 0.2) is 5.13 Å². The molecule has 0 radical (unpaired) electrons. The summed E-state index contributed by atoms with van der Waals surface area (Å²) in [6.45, 7) is 0. The summed E-state index contributed by atoms with van der Waals surface area (Å²) in [6.07, 6.45) is -0.0254. The summed E-state index contributed by atoms with van der Waals surface area (Å²) in [6, 6.07) is 14.0. The summed E-state index contributed by atoms with van der Waals surface area (Å²) in [5.41, 5.74) is 8.50. The van der Waals surface area contributed by atoms with Gasteiger partial charge >= 0.3 is 6.09 Å². The van der Waals surface area contributed by atoms with Crippen LogP contribution in [0.15, 0.2) is 58.4 Å². The molecule has 2 heterocycles. The summed E-state index contributed by atoms with van der Waals surface area (Å²) in [5, 5.41) is 25.8. The van der Waals surface area contributed by atoms with Crippen molar-refractivity contribution < 1.29 is 19.8 Å². The van der Waals surface area contributed by atoms with Crippen molar-refractivity contribution >= 4 is 50.1 Å². The maximum Gasteiger partial charge on any atom is 0.407 e. The van der Waals surface area contributed by atoms with Crippen LogP contribution in [0.1, 0.15) is 35.8 Å². The van der Waals surface area contributed by atoms with Crippen molar-refractivity contribution in [1.82, 2.24) is 9.88 Å². The second kappa shape index (κ2) is 10.5. The average molecular weight is 545 g/mol. The molecule has 178 valence electrons. The normalized spacial score (nSPS) is 18.6. The summed E-state index contributed by atoms with van der Waals surface area (Å²) in [7, 11) is 0. The first-order valence-corrected chi connectivity index (χ1v) is 12.5. The second-order valence-electron chi connectivity index (χ2n) is 8.26. The molecule has 5 N–H and O–H groups in total. The first-order chi connectivity index (χ1) is 16.3. The van der Waals surface area contributed by atoms with Crippen molar-refractivity contribution in [2.75, 3.05) is 11.1 Å². The first kappa shape index (κ1) is 24.2. The summed E-state index contributed by atoms with van der Waals surface area (Å²) in [4.78, 5) is 29.9. The van der Waals surface area contributed by atoms with Crippen molar-refractivity contribution in [3.63, 3.8) is 0 Å². The van der Waals surface area contributed by atoms with Gasteiger partial charge in [0.25, 0.3) is 0 Å². The van der Waals surface area contributed by atoms with Crippen molar-refractivity contribution in [1.29, 1.82) is 0 Å². The molecule has 34 heavy (non-hydrogen) atoms. The first-order valence-electron chi connectivity index (χ1n) is 10.8. The third-order valence-corrected chi connectivity index (χ3v) is 7.34. The van der Waals surface area contributed by atoms with Crippen LogP contribution in [-0.2, 0) is 17.6 Å². The van der Waals surface area contributed by atoms with Crippen molar-refractivity contribution in [2.45, 2.75) is 43.9 Å². The van der Waals surface area contributed by atoms with E-state index in [1.165, 1.54) is 16.2 Å². The molecule has 1 saturated heterocycles. The molecule has 3 aromatic rings. The fourth-order valence-electron chi connectivity index (χ4n) is 4.41. The van der Waals surface area contributed by atoms with Crippen LogP contribution < -0.4 is 11.1 Å². The average Bonchev–Trinajstić information content (AvgIpc) is 3.41. The van der Waals surface area contributed by atoms with Gasteiger partial charge in [-0.1, -0.05) is 36.4 Å². The molecule has 2 aromatic carbocycles. The van der Waals surface area contributed by atoms with E-state index in [9.17, 15) is 19.8 Å². The van der Waals surface area contributed by atoms with E-state index in [1.54, 1.807) is 11.4 Å². The van der Waals surface area contributed by atoms with Crippen LogP contribution in [-0.4, -0.2) is 44.2 Å². The Bertz CT molecular complexity index is 1170. The molecule has 1 aromatic heterocycles. The number of likely N-dealkylation sites (tertiary alicyclic amines) is 1. The molecule has 0 unspecified atom stereocenters. The zero-order valence-corrected chi connectivity index (χ0v) is 20.6. The number of nitrogens with two attached hydrogens (primary N) is 1. The van der Waals surface area contributed by atoms with Gasteiger partial charge < -0.3 is 21.3 Å². The van der Waals surface area contributed by atoms with E-state index in [0.717, 1.165) is 5.56 Å². The number of carboxylic acid groups (broad SMARTS) is 1. The van der Waals surface area contributed by atoms with Gasteiger partial charge in [0.05, 0.1) is 29.9 Å². The van der Waals surface area contributed by atoms with E-state index >= 15 is 0 Å². The Labute approximate surface area is 209 Å². The van der Waals surface area contributed by atoms with Crippen LogP contribution in [0.3, 0.4) is 0 Å². The Balaban J connectivity index is 1.42. The van der Waals surface area contributed by atoms with Gasteiger partial charge in [0, 0.05) is 15.9 Å². The van der Waals surface area contributed by atoms with Crippen LogP contribution in [0.2, 0.25) is 0 Å². The lowest BCUT2D eigenvalue weighted by molar-refractivity contribution is -0.115. The number of carbonyl (C=O) groups is 2. The van der Waals surface area contributed by atoms with Gasteiger partial charge in [-0.25, -0.2) is 9.78 Å². The van der Waals surface area contributed by atoms with Gasteiger partial charge in [0.1, 0.15) is 0 Å². The molecule has 1 fully saturated rings. The smallest absolute Gasteiger partial charge is 0.407 e. The lowest BCUT2D eigenvalue weighted by atomic mass is 10.0. The highest BCUT2D eigenvalue weighted by Crippen LogP contribution is 2.35. The van der Waals surface area contributed by atoms with Crippen molar-refractivity contribution in [2.24, 2.45) is 0 Å². The standard InChI is InChI=1S/C24H25BrN4O4S/c25-18-11-14(6-8-19(18)28-21(30)12-16-13-34-23(26)27-16)10-17-7-9-20(29(17)24(32)33)22(31)15-4-2-1-3-5-15/h1-6,8,11,13,17,20,22,31H,7,9-10,12H2,(H2,26,27)(H,28,30)(H,32,33)/t17-,20-,22-/m1/s1. The number of hydrogen-bond donors (Lipinski definition) is 4. The predicted molar refractivity (Wildman–Crippen MR) is 135 cm³/mol. The van der Waals surface area contributed by atoms with E-state index in [0.29, 0.717) is 45.8 Å². The number of aliphatic hydroxyl groups excluding tert-OH is 1. The molecular formula is C24H25BrN4O4S. The maximum absolute atomic E-state index is 12.3. The van der Waals surface area contributed by atoms with E-state index in [4.69, 9.17) is 5.73 Å². The van der Waals surface area contributed by atoms with Crippen LogP contribution in [0.4, 0.5) is 15.6 Å². The zero-order valence-electron chi connectivity index (χ0n) is 18.2. The monoisotopic (exact) mass is 544 g/mol. The molecule has 2 amide bonds. The number of aliphatic hydroxyl groups is 1. The number of nitrogens with one attached hydrogen (secondary N) is 1. The number of carbonyl (C=O) groups excluding carboxylic acids is 1. The number of amides is 2. The number of hydrogen-bond acceptors (Lipinski definition) is 6. The molecule has 3 atom stereocenters. The number of benzene rings is 2. The third-order valence-electron chi connectivity index (χ3n) is 5.96. The van der Waals surface area contributed by atoms with Crippen LogP contribution >= 0.6 is 27.3 Å². The minimum atomic E-state index is -1.03. The highest BCUT2D eigenvalue weighted by molar-refractivity contribution is 9.10. The third kappa shape index (κ3) is 5.57. The maximum atomic E-state index is 12.3. The molecule has 10 heteroatoms. The fraction of sp³-hybridized carbons (Fsp3) is 0.292. The minimum Gasteiger partial charge on any atom is -0.465 e. The quantitative estimate of drug-likeness (QED) is 0.347. The zero-order chi connectivity index (χ0) is 24.2. The van der Waals surface area contributed by atoms with Gasteiger partial charge in [-0.05, 0) is 58.5 Å². The molecule has 1 aliphatic heterocycles. The topological polar surface area (TPSA) is 129 Å². The largest absolute Gasteiger partial charge is 0.465 e. The lowest BCUT2D eigenvalue weighted by Crippen LogP contribution is -2.44. The Hall–Kier alpha value is -2.95. The van der Waals surface area contributed by atoms with Gasteiger partial charge in [-0.2, -0.15) is 0 Å². The number of thiazole rings is 1. The number of nitrogen functional groups attached to an aromatic ring is 1. The number of rotatable bonds is 7. The Morgan fingerprint density at radius 1 is 1.24 bits per heavy atom. The Kier molecular flexibility index (Phi) is 7.50. The number of halogens is 1. The molecule has 0 saturated carbocycles. The molecule has 1 aliphatic rings. The van der Waals surface area contributed by atoms with E-state index in [-0.39, 0.29) is 18.4 Å². The summed E-state index contributed by atoms with van der Waals surface area (Å²) in [5.74, 6) is -0.204. The van der Waals surface area contributed by atoms with Gasteiger partial charge in [-0.15, -0.1) is 11.3 Å². The highest BCUT2D eigenvalue weighted by atomic mass is 79.9. The van der Waals surface area contributed by atoms with Crippen LogP contribution in [0, 0.1) is 0 Å². The highest BCUT2D eigenvalue weighted by Gasteiger charge is 2.41. The predicted octanol–water partition coefficient (Wildman–Crippen LogP) is 4.46. The molecule has 0 bridgehead atoms. The molecule has 0 spiro atoms. The molecule has 0 aliphatic carbocycles. The minimum absolute atomic E-state index is 0.128.